The van der Waals surface area contributed by atoms with Gasteiger partial charge >= 0.3 is 0 Å². The van der Waals surface area contributed by atoms with E-state index in [0.29, 0.717) is 17.6 Å². The number of aromatic nitrogens is 1. The molecule has 5 heteroatoms. The summed E-state index contributed by atoms with van der Waals surface area (Å²) in [7, 11) is 0. The molecule has 0 amide bonds. The SMILES string of the molecule is O=Cc1cc(-c2ccc(F)c(Cl)c2)on1. The molecule has 0 saturated heterocycles. The van der Waals surface area contributed by atoms with Gasteiger partial charge in [-0.15, -0.1) is 0 Å². The highest BCUT2D eigenvalue weighted by atomic mass is 35.5. The van der Waals surface area contributed by atoms with Gasteiger partial charge in [-0.1, -0.05) is 16.8 Å². The summed E-state index contributed by atoms with van der Waals surface area (Å²) in [5.74, 6) is -0.130. The highest BCUT2D eigenvalue weighted by Gasteiger charge is 2.08. The molecule has 0 fully saturated rings. The van der Waals surface area contributed by atoms with E-state index in [9.17, 15) is 9.18 Å². The Balaban J connectivity index is 2.44. The van der Waals surface area contributed by atoms with E-state index in [-0.39, 0.29) is 10.7 Å². The zero-order valence-corrected chi connectivity index (χ0v) is 8.16. The van der Waals surface area contributed by atoms with Gasteiger partial charge in [0.2, 0.25) is 0 Å². The molecular weight excluding hydrogens is 221 g/mol. The largest absolute Gasteiger partial charge is 0.356 e. The van der Waals surface area contributed by atoms with Crippen LogP contribution in [-0.4, -0.2) is 11.4 Å². The third kappa shape index (κ3) is 1.89. The van der Waals surface area contributed by atoms with Gasteiger partial charge in [-0.3, -0.25) is 4.79 Å². The summed E-state index contributed by atoms with van der Waals surface area (Å²) in [5.41, 5.74) is 0.757. The molecule has 2 aromatic rings. The molecule has 76 valence electrons. The van der Waals surface area contributed by atoms with Crippen molar-refractivity contribution < 1.29 is 13.7 Å². The minimum absolute atomic E-state index is 0.00319. The van der Waals surface area contributed by atoms with Crippen LogP contribution in [0.25, 0.3) is 11.3 Å². The zero-order valence-electron chi connectivity index (χ0n) is 7.41. The molecule has 0 radical (unpaired) electrons. The minimum atomic E-state index is -0.504. The van der Waals surface area contributed by atoms with Crippen LogP contribution in [-0.2, 0) is 0 Å². The van der Waals surface area contributed by atoms with E-state index in [0.717, 1.165) is 0 Å². The van der Waals surface area contributed by atoms with E-state index in [1.807, 2.05) is 0 Å². The normalized spacial score (nSPS) is 10.3. The molecule has 0 aliphatic rings. The van der Waals surface area contributed by atoms with Crippen LogP contribution in [0.1, 0.15) is 10.5 Å². The lowest BCUT2D eigenvalue weighted by molar-refractivity contribution is 0.111. The van der Waals surface area contributed by atoms with E-state index in [4.69, 9.17) is 16.1 Å². The Morgan fingerprint density at radius 3 is 2.80 bits per heavy atom. The molecule has 15 heavy (non-hydrogen) atoms. The van der Waals surface area contributed by atoms with Gasteiger partial charge in [-0.25, -0.2) is 4.39 Å². The number of aldehydes is 1. The lowest BCUT2D eigenvalue weighted by Crippen LogP contribution is -1.79. The molecule has 2 rings (SSSR count). The standard InChI is InChI=1S/C10H5ClFNO2/c11-8-3-6(1-2-9(8)12)10-4-7(5-14)13-15-10/h1-5H. The van der Waals surface area contributed by atoms with Gasteiger partial charge in [-0.2, -0.15) is 0 Å². The summed E-state index contributed by atoms with van der Waals surface area (Å²) < 4.78 is 17.7. The van der Waals surface area contributed by atoms with E-state index >= 15 is 0 Å². The van der Waals surface area contributed by atoms with Gasteiger partial charge in [0.15, 0.2) is 12.0 Å². The molecule has 0 atom stereocenters. The molecule has 0 saturated carbocycles. The highest BCUT2D eigenvalue weighted by Crippen LogP contribution is 2.24. The number of carbonyl (C=O) groups is 1. The maximum atomic E-state index is 12.9. The van der Waals surface area contributed by atoms with Crippen molar-refractivity contribution >= 4 is 17.9 Å². The van der Waals surface area contributed by atoms with Gasteiger partial charge < -0.3 is 4.52 Å². The molecule has 0 bridgehead atoms. The lowest BCUT2D eigenvalue weighted by Gasteiger charge is -1.96. The molecule has 1 aromatic carbocycles. The van der Waals surface area contributed by atoms with Gasteiger partial charge in [0, 0.05) is 11.6 Å². The monoisotopic (exact) mass is 225 g/mol. The van der Waals surface area contributed by atoms with E-state index in [1.165, 1.54) is 24.3 Å². The van der Waals surface area contributed by atoms with Crippen LogP contribution >= 0.6 is 11.6 Å². The van der Waals surface area contributed by atoms with Gasteiger partial charge in [0.1, 0.15) is 11.5 Å². The predicted molar refractivity (Wildman–Crippen MR) is 52.3 cm³/mol. The first-order valence-electron chi connectivity index (χ1n) is 4.08. The number of halogens is 2. The Bertz CT molecular complexity index is 510. The molecule has 3 nitrogen and oxygen atoms in total. The number of hydrogen-bond donors (Lipinski definition) is 0. The second kappa shape index (κ2) is 3.82. The smallest absolute Gasteiger partial charge is 0.171 e. The van der Waals surface area contributed by atoms with Crippen molar-refractivity contribution in [1.82, 2.24) is 5.16 Å². The molecule has 1 heterocycles. The molecule has 0 spiro atoms. The molecule has 0 N–H and O–H groups in total. The average Bonchev–Trinajstić information content (AvgIpc) is 2.70. The molecule has 0 unspecified atom stereocenters. The number of nitrogens with zero attached hydrogens (tertiary/aromatic N) is 1. The Hall–Kier alpha value is -1.68. The van der Waals surface area contributed by atoms with E-state index < -0.39 is 5.82 Å². The van der Waals surface area contributed by atoms with Crippen LogP contribution in [0.4, 0.5) is 4.39 Å². The van der Waals surface area contributed by atoms with Crippen LogP contribution in [0.2, 0.25) is 5.02 Å². The fourth-order valence-electron chi connectivity index (χ4n) is 1.13. The maximum absolute atomic E-state index is 12.9. The fourth-order valence-corrected chi connectivity index (χ4v) is 1.31. The average molecular weight is 226 g/mol. The second-order valence-electron chi connectivity index (χ2n) is 2.86. The number of carbonyl (C=O) groups excluding carboxylic acids is 1. The third-order valence-electron chi connectivity index (χ3n) is 1.85. The Kier molecular flexibility index (Phi) is 2.51. The van der Waals surface area contributed by atoms with Crippen LogP contribution < -0.4 is 0 Å². The lowest BCUT2D eigenvalue weighted by atomic mass is 10.1. The van der Waals surface area contributed by atoms with Crippen LogP contribution in [0.3, 0.4) is 0 Å². The van der Waals surface area contributed by atoms with Crippen molar-refractivity contribution in [2.45, 2.75) is 0 Å². The predicted octanol–water partition coefficient (Wildman–Crippen LogP) is 2.95. The summed E-state index contributed by atoms with van der Waals surface area (Å²) in [6.45, 7) is 0. The summed E-state index contributed by atoms with van der Waals surface area (Å²) in [5, 5.41) is 3.48. The van der Waals surface area contributed by atoms with Gasteiger partial charge in [0.25, 0.3) is 0 Å². The summed E-state index contributed by atoms with van der Waals surface area (Å²) in [6, 6.07) is 5.58. The van der Waals surface area contributed by atoms with E-state index in [2.05, 4.69) is 5.16 Å². The number of hydrogen-bond acceptors (Lipinski definition) is 3. The zero-order chi connectivity index (χ0) is 10.8. The Morgan fingerprint density at radius 1 is 1.40 bits per heavy atom. The van der Waals surface area contributed by atoms with E-state index in [1.54, 1.807) is 0 Å². The van der Waals surface area contributed by atoms with Crippen LogP contribution in [0.5, 0.6) is 0 Å². The molecular formula is C10H5ClFNO2. The van der Waals surface area contributed by atoms with Crippen molar-refractivity contribution in [3.8, 4) is 11.3 Å². The van der Waals surface area contributed by atoms with Crippen LogP contribution in [0, 0.1) is 5.82 Å². The van der Waals surface area contributed by atoms with Gasteiger partial charge in [-0.05, 0) is 18.2 Å². The first kappa shape index (κ1) is 9.86. The second-order valence-corrected chi connectivity index (χ2v) is 3.27. The minimum Gasteiger partial charge on any atom is -0.356 e. The van der Waals surface area contributed by atoms with Crippen molar-refractivity contribution in [3.05, 3.63) is 40.8 Å². The van der Waals surface area contributed by atoms with Crippen molar-refractivity contribution in [1.29, 1.82) is 0 Å². The maximum Gasteiger partial charge on any atom is 0.171 e. The quantitative estimate of drug-likeness (QED) is 0.738. The first-order chi connectivity index (χ1) is 7.20. The Labute approximate surface area is 89.4 Å². The third-order valence-corrected chi connectivity index (χ3v) is 2.14. The highest BCUT2D eigenvalue weighted by molar-refractivity contribution is 6.31. The van der Waals surface area contributed by atoms with Crippen LogP contribution in [0.15, 0.2) is 28.8 Å². The molecule has 0 aliphatic heterocycles. The topological polar surface area (TPSA) is 43.1 Å². The summed E-state index contributed by atoms with van der Waals surface area (Å²) in [4.78, 5) is 10.4. The number of benzene rings is 1. The molecule has 1 aromatic heterocycles. The van der Waals surface area contributed by atoms with Crippen molar-refractivity contribution in [2.75, 3.05) is 0 Å². The van der Waals surface area contributed by atoms with Gasteiger partial charge in [0.05, 0.1) is 5.02 Å². The number of rotatable bonds is 2. The Morgan fingerprint density at radius 2 is 2.20 bits per heavy atom. The van der Waals surface area contributed by atoms with Crippen molar-refractivity contribution in [3.63, 3.8) is 0 Å². The molecule has 0 aliphatic carbocycles. The fraction of sp³-hybridized carbons (Fsp3) is 0. The van der Waals surface area contributed by atoms with Crippen molar-refractivity contribution in [2.24, 2.45) is 0 Å². The summed E-state index contributed by atoms with van der Waals surface area (Å²) >= 11 is 5.60. The summed E-state index contributed by atoms with van der Waals surface area (Å²) in [6.07, 6.45) is 0.568. The first-order valence-corrected chi connectivity index (χ1v) is 4.46.